The molecule has 0 radical (unpaired) electrons. The van der Waals surface area contributed by atoms with Crippen molar-refractivity contribution in [3.8, 4) is 0 Å². The topological polar surface area (TPSA) is 71.0 Å². The highest BCUT2D eigenvalue weighted by Crippen LogP contribution is 2.51. The molecule has 8 heteroatoms. The first-order valence-electron chi connectivity index (χ1n) is 8.92. The van der Waals surface area contributed by atoms with E-state index in [1.807, 2.05) is 0 Å². The van der Waals surface area contributed by atoms with Gasteiger partial charge in [0.05, 0.1) is 16.6 Å². The van der Waals surface area contributed by atoms with Crippen molar-refractivity contribution in [1.29, 1.82) is 0 Å². The van der Waals surface area contributed by atoms with E-state index in [0.717, 1.165) is 19.0 Å². The molecule has 1 aliphatic carbocycles. The van der Waals surface area contributed by atoms with Gasteiger partial charge < -0.3 is 15.0 Å². The van der Waals surface area contributed by atoms with Crippen LogP contribution < -0.4 is 5.32 Å². The molecular formula is C17H32IN3O3S. The molecule has 146 valence electrons. The zero-order valence-electron chi connectivity index (χ0n) is 15.9. The minimum atomic E-state index is -3.04. The number of hydrogen-bond donors (Lipinski definition) is 1. The third-order valence-corrected chi connectivity index (χ3v) is 8.70. The maximum atomic E-state index is 12.2. The Balaban J connectivity index is 0.00000225. The summed E-state index contributed by atoms with van der Waals surface area (Å²) in [6.07, 6.45) is 2.62. The average Bonchev–Trinajstić information content (AvgIpc) is 2.51. The number of halogens is 1. The van der Waals surface area contributed by atoms with E-state index in [1.54, 1.807) is 20.9 Å². The van der Waals surface area contributed by atoms with Crippen LogP contribution in [0.15, 0.2) is 4.99 Å². The van der Waals surface area contributed by atoms with Crippen molar-refractivity contribution in [2.75, 3.05) is 32.5 Å². The van der Waals surface area contributed by atoms with E-state index in [4.69, 9.17) is 4.74 Å². The molecule has 6 nitrogen and oxygen atoms in total. The Bertz CT molecular complexity index is 633. The van der Waals surface area contributed by atoms with Crippen molar-refractivity contribution in [3.05, 3.63) is 0 Å². The zero-order valence-corrected chi connectivity index (χ0v) is 19.1. The Morgan fingerprint density at radius 2 is 1.96 bits per heavy atom. The van der Waals surface area contributed by atoms with Crippen LogP contribution >= 0.6 is 24.0 Å². The lowest BCUT2D eigenvalue weighted by Crippen LogP contribution is -2.71. The summed E-state index contributed by atoms with van der Waals surface area (Å²) in [5, 5.41) is 3.63. The Hall–Kier alpha value is -0.0900. The van der Waals surface area contributed by atoms with Gasteiger partial charge in [-0.1, -0.05) is 13.8 Å². The summed E-state index contributed by atoms with van der Waals surface area (Å²) in [5.41, 5.74) is 0.0679. The Morgan fingerprint density at radius 3 is 2.56 bits per heavy atom. The first kappa shape index (κ1) is 21.2. The Morgan fingerprint density at radius 1 is 1.28 bits per heavy atom. The molecule has 0 amide bonds. The van der Waals surface area contributed by atoms with Gasteiger partial charge in [-0.2, -0.15) is 0 Å². The molecule has 3 rings (SSSR count). The van der Waals surface area contributed by atoms with Crippen LogP contribution in [0.3, 0.4) is 0 Å². The number of hydrogen-bond acceptors (Lipinski definition) is 4. The van der Waals surface area contributed by atoms with Crippen LogP contribution in [0.4, 0.5) is 0 Å². The lowest BCUT2D eigenvalue weighted by molar-refractivity contribution is -0.188. The van der Waals surface area contributed by atoms with Gasteiger partial charge in [0.25, 0.3) is 0 Å². The number of guanidine groups is 1. The lowest BCUT2D eigenvalue weighted by atomic mass is 9.55. The molecule has 2 aliphatic heterocycles. The molecule has 0 aromatic rings. The molecule has 3 fully saturated rings. The van der Waals surface area contributed by atoms with Crippen LogP contribution in [0.5, 0.6) is 0 Å². The van der Waals surface area contributed by atoms with Crippen LogP contribution in [0.1, 0.15) is 40.5 Å². The highest BCUT2D eigenvalue weighted by molar-refractivity contribution is 14.0. The number of nitrogens with one attached hydrogen (secondary N) is 1. The van der Waals surface area contributed by atoms with E-state index in [-0.39, 0.29) is 35.1 Å². The Kier molecular flexibility index (Phi) is 6.06. The number of ether oxygens (including phenoxy) is 1. The SMILES string of the molecule is CN=C(NC1C2CCCOC2C1(C)C)N1CCS(=O)(=O)C(C)(C)C1.I. The smallest absolute Gasteiger partial charge is 0.193 e. The minimum Gasteiger partial charge on any atom is -0.377 e. The van der Waals surface area contributed by atoms with Gasteiger partial charge in [-0.15, -0.1) is 24.0 Å². The van der Waals surface area contributed by atoms with Gasteiger partial charge in [0, 0.05) is 44.1 Å². The highest BCUT2D eigenvalue weighted by atomic mass is 127. The maximum Gasteiger partial charge on any atom is 0.193 e. The number of nitrogens with zero attached hydrogens (tertiary/aromatic N) is 2. The lowest BCUT2D eigenvalue weighted by Gasteiger charge is -2.60. The van der Waals surface area contributed by atoms with Gasteiger partial charge in [0.1, 0.15) is 0 Å². The van der Waals surface area contributed by atoms with Gasteiger partial charge in [-0.05, 0) is 26.7 Å². The van der Waals surface area contributed by atoms with E-state index in [9.17, 15) is 8.42 Å². The van der Waals surface area contributed by atoms with Crippen LogP contribution in [0.2, 0.25) is 0 Å². The van der Waals surface area contributed by atoms with E-state index in [2.05, 4.69) is 29.1 Å². The number of rotatable bonds is 1. The summed E-state index contributed by atoms with van der Waals surface area (Å²) in [7, 11) is -1.27. The third kappa shape index (κ3) is 3.54. The van der Waals surface area contributed by atoms with E-state index in [0.29, 0.717) is 31.2 Å². The number of aliphatic imine (C=N–C) groups is 1. The average molecular weight is 485 g/mol. The van der Waals surface area contributed by atoms with Crippen molar-refractivity contribution < 1.29 is 13.2 Å². The van der Waals surface area contributed by atoms with Gasteiger partial charge in [-0.3, -0.25) is 4.99 Å². The van der Waals surface area contributed by atoms with Crippen molar-refractivity contribution in [3.63, 3.8) is 0 Å². The standard InChI is InChI=1S/C17H31N3O3S.HI/c1-16(2)11-20(8-10-24(16,21)22)15(18-5)19-13-12-7-6-9-23-14(12)17(13,3)4;/h12-14H,6-11H2,1-5H3,(H,18,19);1H. The summed E-state index contributed by atoms with van der Waals surface area (Å²) in [6.45, 7) is 9.95. The molecule has 3 aliphatic rings. The monoisotopic (exact) mass is 485 g/mol. The number of sulfone groups is 1. The van der Waals surface area contributed by atoms with Gasteiger partial charge in [-0.25, -0.2) is 8.42 Å². The summed E-state index contributed by atoms with van der Waals surface area (Å²) in [5.74, 6) is 1.52. The predicted octanol–water partition coefficient (Wildman–Crippen LogP) is 1.89. The highest BCUT2D eigenvalue weighted by Gasteiger charge is 2.58. The summed E-state index contributed by atoms with van der Waals surface area (Å²) >= 11 is 0. The molecule has 2 saturated heterocycles. The fraction of sp³-hybridized carbons (Fsp3) is 0.941. The number of fused-ring (bicyclic) bond motifs is 1. The minimum absolute atomic E-state index is 0. The van der Waals surface area contributed by atoms with Gasteiger partial charge >= 0.3 is 0 Å². The first-order chi connectivity index (χ1) is 11.1. The van der Waals surface area contributed by atoms with Crippen LogP contribution in [-0.4, -0.2) is 68.7 Å². The summed E-state index contributed by atoms with van der Waals surface area (Å²) in [4.78, 5) is 6.54. The second-order valence-corrected chi connectivity index (χ2v) is 11.3. The van der Waals surface area contributed by atoms with Crippen LogP contribution in [0, 0.1) is 11.3 Å². The molecule has 0 spiro atoms. The predicted molar refractivity (Wildman–Crippen MR) is 111 cm³/mol. The fourth-order valence-electron chi connectivity index (χ4n) is 4.58. The first-order valence-corrected chi connectivity index (χ1v) is 10.6. The van der Waals surface area contributed by atoms with Crippen molar-refractivity contribution in [2.24, 2.45) is 16.3 Å². The second-order valence-electron chi connectivity index (χ2n) is 8.59. The Labute approximate surface area is 169 Å². The molecule has 25 heavy (non-hydrogen) atoms. The zero-order chi connectivity index (χ0) is 17.8. The second kappa shape index (κ2) is 7.14. The molecule has 0 aromatic heterocycles. The van der Waals surface area contributed by atoms with E-state index >= 15 is 0 Å². The molecule has 3 atom stereocenters. The molecule has 3 unspecified atom stereocenters. The largest absolute Gasteiger partial charge is 0.377 e. The third-order valence-electron chi connectivity index (χ3n) is 6.17. The molecule has 2 heterocycles. The van der Waals surface area contributed by atoms with E-state index < -0.39 is 14.6 Å². The molecule has 0 aromatic carbocycles. The summed E-state index contributed by atoms with van der Waals surface area (Å²) < 4.78 is 29.7. The van der Waals surface area contributed by atoms with Gasteiger partial charge in [0.2, 0.25) is 0 Å². The quantitative estimate of drug-likeness (QED) is 0.349. The van der Waals surface area contributed by atoms with Crippen molar-refractivity contribution >= 4 is 39.8 Å². The molecule has 0 bridgehead atoms. The van der Waals surface area contributed by atoms with E-state index in [1.165, 1.54) is 6.42 Å². The normalized spacial score (nSPS) is 35.8. The molecule has 1 saturated carbocycles. The van der Waals surface area contributed by atoms with Crippen molar-refractivity contribution in [2.45, 2.75) is 57.4 Å². The van der Waals surface area contributed by atoms with Crippen LogP contribution in [-0.2, 0) is 14.6 Å². The van der Waals surface area contributed by atoms with Crippen LogP contribution in [0.25, 0.3) is 0 Å². The molecule has 1 N–H and O–H groups in total. The fourth-order valence-corrected chi connectivity index (χ4v) is 5.94. The summed E-state index contributed by atoms with van der Waals surface area (Å²) in [6, 6.07) is 0.322. The van der Waals surface area contributed by atoms with Gasteiger partial charge in [0.15, 0.2) is 15.8 Å². The van der Waals surface area contributed by atoms with Crippen molar-refractivity contribution in [1.82, 2.24) is 10.2 Å². The molecular weight excluding hydrogens is 453 g/mol. The maximum absolute atomic E-state index is 12.2.